The van der Waals surface area contributed by atoms with Gasteiger partial charge >= 0.3 is 11.9 Å². The van der Waals surface area contributed by atoms with E-state index in [2.05, 4.69) is 0 Å². The number of carbonyl (C=O) groups is 4. The Labute approximate surface area is 223 Å². The lowest BCUT2D eigenvalue weighted by atomic mass is 9.46. The number of carbonyl (C=O) groups excluding carboxylic acids is 4. The van der Waals surface area contributed by atoms with Crippen molar-refractivity contribution in [3.63, 3.8) is 0 Å². The van der Waals surface area contributed by atoms with Crippen LogP contribution < -0.4 is 0 Å². The second kappa shape index (κ2) is 6.49. The number of ketones is 2. The molecule has 0 aromatic carbocycles. The lowest BCUT2D eigenvalue weighted by Gasteiger charge is -2.64. The Morgan fingerprint density at radius 2 is 1.79 bits per heavy atom. The van der Waals surface area contributed by atoms with Crippen LogP contribution in [0.15, 0.2) is 12.2 Å². The Kier molecular flexibility index (Phi) is 4.09. The smallest absolute Gasteiger partial charge is 0.342 e. The molecule has 5 aliphatic heterocycles. The van der Waals surface area contributed by atoms with Crippen molar-refractivity contribution in [3.05, 3.63) is 12.2 Å². The van der Waals surface area contributed by atoms with Gasteiger partial charge in [0.05, 0.1) is 30.0 Å². The molecule has 5 bridgehead atoms. The van der Waals surface area contributed by atoms with Crippen molar-refractivity contribution in [2.45, 2.75) is 93.3 Å². The van der Waals surface area contributed by atoms with Gasteiger partial charge in [-0.3, -0.25) is 14.4 Å². The summed E-state index contributed by atoms with van der Waals surface area (Å²) in [6.07, 6.45) is 0.491. The first kappa shape index (κ1) is 24.6. The number of hydrogen-bond acceptors (Lipinski definition) is 11. The summed E-state index contributed by atoms with van der Waals surface area (Å²) in [5.74, 6) is -8.35. The van der Waals surface area contributed by atoms with Crippen LogP contribution in [0, 0.1) is 34.5 Å². The van der Waals surface area contributed by atoms with E-state index in [1.165, 1.54) is 12.2 Å². The summed E-state index contributed by atoms with van der Waals surface area (Å²) in [5, 5.41) is 35.6. The van der Waals surface area contributed by atoms with Gasteiger partial charge in [-0.2, -0.15) is 0 Å². The van der Waals surface area contributed by atoms with Crippen molar-refractivity contribution in [3.8, 4) is 0 Å². The topological polar surface area (TPSA) is 166 Å². The molecule has 7 fully saturated rings. The largest absolute Gasteiger partial charge is 0.458 e. The van der Waals surface area contributed by atoms with Gasteiger partial charge in [0.15, 0.2) is 28.4 Å². The van der Waals surface area contributed by atoms with Crippen molar-refractivity contribution in [2.75, 3.05) is 6.61 Å². The van der Waals surface area contributed by atoms with E-state index in [4.69, 9.17) is 18.9 Å². The first-order valence-electron chi connectivity index (χ1n) is 13.8. The molecule has 11 nitrogen and oxygen atoms in total. The molecular formula is C28H32O11. The standard InChI is InChI=1S/C28H32O11/c1-22-10-17-24(3)28-18(22)19(31)27(39-28,36-11-14(22)20(32)37-17)13-9-16(30)25(34)7-4-5-15(29)23(25,2)12(13)6-8-26(28,35)21(33)38-24/h4-5,12-14,16-18,30,34-35H,6-11H2,1-3H3/t12-,13+,14+,16+,17-,18+,22-,23+,24+,25-,26+,27+,28-/m1/s1. The summed E-state index contributed by atoms with van der Waals surface area (Å²) in [6, 6.07) is 0. The van der Waals surface area contributed by atoms with Crippen LogP contribution in [0.5, 0.6) is 0 Å². The third-order valence-electron chi connectivity index (χ3n) is 12.7. The number of rotatable bonds is 0. The Balaban J connectivity index is 1.43. The first-order valence-corrected chi connectivity index (χ1v) is 13.8. The van der Waals surface area contributed by atoms with E-state index in [9.17, 15) is 34.5 Å². The number of hydrogen-bond donors (Lipinski definition) is 3. The Bertz CT molecular complexity index is 1330. The number of aliphatic hydroxyl groups is 3. The van der Waals surface area contributed by atoms with Gasteiger partial charge in [-0.05, 0) is 63.4 Å². The van der Waals surface area contributed by atoms with Crippen LogP contribution >= 0.6 is 0 Å². The lowest BCUT2D eigenvalue weighted by molar-refractivity contribution is -0.382. The Hall–Kier alpha value is -2.18. The van der Waals surface area contributed by atoms with Crippen LogP contribution in [0.25, 0.3) is 0 Å². The highest BCUT2D eigenvalue weighted by atomic mass is 16.8. The first-order chi connectivity index (χ1) is 18.2. The number of aliphatic hydroxyl groups excluding tert-OH is 1. The fraction of sp³-hybridized carbons (Fsp3) is 0.786. The Morgan fingerprint density at radius 3 is 2.54 bits per heavy atom. The molecule has 2 saturated carbocycles. The monoisotopic (exact) mass is 544 g/mol. The molecule has 0 amide bonds. The maximum absolute atomic E-state index is 14.9. The molecule has 8 rings (SSSR count). The van der Waals surface area contributed by atoms with Crippen LogP contribution in [0.2, 0.25) is 0 Å². The lowest BCUT2D eigenvalue weighted by Crippen LogP contribution is -2.79. The molecule has 0 aromatic rings. The predicted octanol–water partition coefficient (Wildman–Crippen LogP) is -0.277. The molecule has 0 unspecified atom stereocenters. The molecule has 5 heterocycles. The van der Waals surface area contributed by atoms with Crippen molar-refractivity contribution < 1.29 is 53.4 Å². The van der Waals surface area contributed by atoms with Crippen LogP contribution in [-0.2, 0) is 38.1 Å². The van der Waals surface area contributed by atoms with Crippen LogP contribution in [0.1, 0.15) is 52.9 Å². The third-order valence-corrected chi connectivity index (χ3v) is 12.7. The minimum atomic E-state index is -2.32. The van der Waals surface area contributed by atoms with Crippen molar-refractivity contribution in [2.24, 2.45) is 34.5 Å². The van der Waals surface area contributed by atoms with Crippen LogP contribution in [0.4, 0.5) is 0 Å². The molecule has 11 heteroatoms. The highest BCUT2D eigenvalue weighted by Crippen LogP contribution is 2.75. The van der Waals surface area contributed by atoms with Crippen LogP contribution in [-0.4, -0.2) is 85.8 Å². The van der Waals surface area contributed by atoms with Gasteiger partial charge < -0.3 is 34.3 Å². The van der Waals surface area contributed by atoms with E-state index in [1.54, 1.807) is 20.8 Å². The normalized spacial score (nSPS) is 62.0. The van der Waals surface area contributed by atoms with Crippen molar-refractivity contribution >= 4 is 23.5 Å². The zero-order valence-corrected chi connectivity index (χ0v) is 22.0. The minimum Gasteiger partial charge on any atom is -0.458 e. The van der Waals surface area contributed by atoms with E-state index in [0.717, 1.165) is 0 Å². The average molecular weight is 545 g/mol. The summed E-state index contributed by atoms with van der Waals surface area (Å²) in [4.78, 5) is 55.5. The zero-order chi connectivity index (χ0) is 27.8. The molecular weight excluding hydrogens is 512 g/mol. The summed E-state index contributed by atoms with van der Waals surface area (Å²) < 4.78 is 24.9. The van der Waals surface area contributed by atoms with Gasteiger partial charge in [0.2, 0.25) is 5.79 Å². The van der Waals surface area contributed by atoms with Crippen molar-refractivity contribution in [1.82, 2.24) is 0 Å². The molecule has 0 aromatic heterocycles. The summed E-state index contributed by atoms with van der Waals surface area (Å²) in [5.41, 5.74) is -10.4. The maximum Gasteiger partial charge on any atom is 0.342 e. The van der Waals surface area contributed by atoms with Crippen molar-refractivity contribution in [1.29, 1.82) is 0 Å². The van der Waals surface area contributed by atoms with Gasteiger partial charge in [0.25, 0.3) is 0 Å². The van der Waals surface area contributed by atoms with E-state index < -0.39 is 98.4 Å². The molecule has 0 radical (unpaired) electrons. The average Bonchev–Trinajstić information content (AvgIpc) is 3.19. The molecule has 3 N–H and O–H groups in total. The van der Waals surface area contributed by atoms with Gasteiger partial charge in [-0.1, -0.05) is 13.0 Å². The van der Waals surface area contributed by atoms with E-state index >= 15 is 0 Å². The highest BCUT2D eigenvalue weighted by molar-refractivity contribution is 6.00. The van der Waals surface area contributed by atoms with Gasteiger partial charge in [-0.25, -0.2) is 4.79 Å². The molecule has 5 saturated heterocycles. The summed E-state index contributed by atoms with van der Waals surface area (Å²) >= 11 is 0. The highest BCUT2D eigenvalue weighted by Gasteiger charge is 2.93. The van der Waals surface area contributed by atoms with E-state index in [0.29, 0.717) is 0 Å². The Morgan fingerprint density at radius 1 is 1.05 bits per heavy atom. The SMILES string of the molecule is C[C@@]12C[C@H]3OC(=O)[C@@H]1CO[C@@]14O[C@]5([C@H]2C1=O)[C@@]3(C)OC(=O)[C@@]5(O)CC[C@@H]1[C@@H]4C[C@H](O)[C@]2(O)CC=CC(=O)[C@]12C. The number of ether oxygens (including phenoxy) is 4. The fourth-order valence-electron chi connectivity index (χ4n) is 10.6. The van der Waals surface area contributed by atoms with Gasteiger partial charge in [0.1, 0.15) is 11.7 Å². The van der Waals surface area contributed by atoms with Gasteiger partial charge in [0, 0.05) is 5.92 Å². The predicted molar refractivity (Wildman–Crippen MR) is 125 cm³/mol. The molecule has 39 heavy (non-hydrogen) atoms. The number of fused-ring (bicyclic) bond motifs is 5. The maximum atomic E-state index is 14.9. The second-order valence-corrected chi connectivity index (χ2v) is 13.8. The summed E-state index contributed by atoms with van der Waals surface area (Å²) in [6.45, 7) is 4.69. The quantitative estimate of drug-likeness (QED) is 0.344. The molecule has 2 spiro atoms. The van der Waals surface area contributed by atoms with Gasteiger partial charge in [-0.15, -0.1) is 0 Å². The number of esters is 2. The van der Waals surface area contributed by atoms with Crippen LogP contribution in [0.3, 0.4) is 0 Å². The molecule has 13 atom stereocenters. The molecule has 8 aliphatic rings. The molecule has 3 aliphatic carbocycles. The number of allylic oxidation sites excluding steroid dienone is 1. The molecule has 210 valence electrons. The zero-order valence-electron chi connectivity index (χ0n) is 22.0. The minimum absolute atomic E-state index is 0.0207. The fourth-order valence-corrected chi connectivity index (χ4v) is 10.6. The number of Topliss-reactive ketones (excluding diaryl/α,β-unsaturated/α-hetero) is 1. The van der Waals surface area contributed by atoms with E-state index in [1.807, 2.05) is 0 Å². The third kappa shape index (κ3) is 2.10. The second-order valence-electron chi connectivity index (χ2n) is 13.8. The van der Waals surface area contributed by atoms with E-state index in [-0.39, 0.29) is 38.7 Å². The summed E-state index contributed by atoms with van der Waals surface area (Å²) in [7, 11) is 0.